The van der Waals surface area contributed by atoms with Gasteiger partial charge >= 0.3 is 59.1 Å². The number of aromatic carboxylic acids is 1. The van der Waals surface area contributed by atoms with Crippen molar-refractivity contribution >= 4 is 86.6 Å². The molecule has 1 amide bonds. The van der Waals surface area contributed by atoms with E-state index < -0.39 is 125 Å². The average Bonchev–Trinajstić information content (AvgIpc) is 4.25. The number of unbranched alkanes of at least 4 members (excludes halogenated alkanes) is 5. The van der Waals surface area contributed by atoms with E-state index in [1.54, 1.807) is 32.9 Å². The van der Waals surface area contributed by atoms with Gasteiger partial charge in [0.2, 0.25) is 11.7 Å². The molecule has 34 nitrogen and oxygen atoms in total. The molecule has 3 aromatic rings. The Morgan fingerprint density at radius 2 is 1.21 bits per heavy atom. The highest BCUT2D eigenvalue weighted by Crippen LogP contribution is 2.40. The number of carbonyl (C=O) groups is 10. The summed E-state index contributed by atoms with van der Waals surface area (Å²) in [6, 6.07) is 10.6. The van der Waals surface area contributed by atoms with Gasteiger partial charge < -0.3 is 61.6 Å². The van der Waals surface area contributed by atoms with Crippen LogP contribution in [0.15, 0.2) is 65.6 Å². The third-order valence-corrected chi connectivity index (χ3v) is 11.5. The lowest BCUT2D eigenvalue weighted by atomic mass is 9.98. The molecule has 0 spiro atoms. The lowest BCUT2D eigenvalue weighted by Crippen LogP contribution is -2.37. The fraction of sp³-hybridized carbons (Fsp3) is 0.451. The maximum Gasteiger partial charge on any atom is 0.371 e. The number of aryl methyl sites for hydroxylation is 1. The number of benzene rings is 3. The van der Waals surface area contributed by atoms with Crippen molar-refractivity contribution in [2.24, 2.45) is 11.1 Å². The van der Waals surface area contributed by atoms with Crippen LogP contribution in [-0.2, 0) is 53.3 Å². The number of hydrogen-bond donors (Lipinski definition) is 11. The van der Waals surface area contributed by atoms with Crippen LogP contribution in [-0.4, -0.2) is 154 Å². The monoisotopic (exact) mass is 1240 g/mol. The number of non-ortho nitro benzene ring substituents is 1. The van der Waals surface area contributed by atoms with Crippen molar-refractivity contribution < 1.29 is 121 Å². The summed E-state index contributed by atoms with van der Waals surface area (Å²) in [6.07, 6.45) is 6.30. The number of carboxylic acids is 6. The number of ketones is 1. The highest BCUT2D eigenvalue weighted by atomic mass is 32.2. The smallest absolute Gasteiger partial charge is 0.371 e. The molecule has 0 radical (unpaired) electrons. The fourth-order valence-electron chi connectivity index (χ4n) is 5.88. The van der Waals surface area contributed by atoms with Crippen molar-refractivity contribution in [2.45, 2.75) is 135 Å². The van der Waals surface area contributed by atoms with Gasteiger partial charge in [0.05, 0.1) is 43.8 Å². The molecule has 2 heterocycles. The number of nitrogens with one attached hydrogen (secondary N) is 2. The molecule has 0 bridgehead atoms. The van der Waals surface area contributed by atoms with Gasteiger partial charge in [-0.1, -0.05) is 55.5 Å². The zero-order valence-electron chi connectivity index (χ0n) is 47.0. The number of amides is 1. The van der Waals surface area contributed by atoms with E-state index in [4.69, 9.17) is 55.5 Å². The first-order chi connectivity index (χ1) is 39.8. The van der Waals surface area contributed by atoms with Crippen molar-refractivity contribution in [3.05, 3.63) is 102 Å². The maximum atomic E-state index is 11.9. The lowest BCUT2D eigenvalue weighted by Gasteiger charge is -2.10. The van der Waals surface area contributed by atoms with Gasteiger partial charge in [0.15, 0.2) is 0 Å². The fourth-order valence-corrected chi connectivity index (χ4v) is 6.36. The van der Waals surface area contributed by atoms with E-state index >= 15 is 0 Å². The Bertz CT molecular complexity index is 2910. The quantitative estimate of drug-likeness (QED) is 0.0134. The Kier molecular flexibility index (Phi) is 36.5. The number of aliphatic hydroxyl groups excluding tert-OH is 1. The summed E-state index contributed by atoms with van der Waals surface area (Å²) in [5.74, 6) is -9.70. The Morgan fingerprint density at radius 1 is 0.733 bits per heavy atom. The van der Waals surface area contributed by atoms with E-state index in [0.29, 0.717) is 44.2 Å². The van der Waals surface area contributed by atoms with E-state index in [1.165, 1.54) is 36.4 Å². The van der Waals surface area contributed by atoms with Crippen molar-refractivity contribution in [1.29, 1.82) is 0 Å². The maximum absolute atomic E-state index is 11.9. The van der Waals surface area contributed by atoms with Gasteiger partial charge in [-0.25, -0.2) is 19.2 Å². The van der Waals surface area contributed by atoms with Crippen LogP contribution in [0.1, 0.15) is 121 Å². The third-order valence-electron chi connectivity index (χ3n) is 10.6. The van der Waals surface area contributed by atoms with Crippen LogP contribution in [0.25, 0.3) is 0 Å². The number of carboxylic acid groups (broad SMARTS) is 6. The number of aliphatic carboxylic acids is 5. The number of Topliss-reactive ketones (excluding diaryl/α,β-unsaturated/α-hetero) is 1. The summed E-state index contributed by atoms with van der Waals surface area (Å²) < 4.78 is 39.1. The van der Waals surface area contributed by atoms with E-state index in [1.807, 2.05) is 6.92 Å². The van der Waals surface area contributed by atoms with Gasteiger partial charge in [-0.2, -0.15) is 8.42 Å². The molecule has 476 valence electrons. The van der Waals surface area contributed by atoms with E-state index in [-0.39, 0.29) is 41.0 Å². The number of nitrogens with two attached hydrogens (primary N) is 1. The van der Waals surface area contributed by atoms with Crippen LogP contribution in [0, 0.1) is 42.7 Å². The normalized spacial score (nSPS) is 13.9. The molecule has 2 fully saturated rings. The Hall–Kier alpha value is -9.45. The van der Waals surface area contributed by atoms with E-state index in [9.17, 15) is 86.7 Å². The standard InChI is InChI=1S/C16H19N3O10.C10H11NO5.C7H8O3S.C5H7NO3.C5H9NO2.C5H10O2.C3H4O3/c20-14(21)7-5-3-1-2-4-6-8-15(22)29-16-12(18(25)26)9-11(17(23)24)10-13(16)19(27)28;11-7(5-12)10(15)16-8-4-2-1-3-6(8)9(13)14;1-6-2-4-7(5-3-6)11(8,9)10;7-4-2-1-3(6-4)5(8)9;7-5(8)4-2-1-3-6-4;1-5(2,3)4(6)7;1-2(4)3(5)6/h9-10H,1-8H2,(H,20,21);1-4,7,12H,5,11H2,(H,13,14);2-5H,1H3,(H,8,9,10);3H,1-2H2,(H,6,7)(H,8,9);4,6H,1-3H2,(H,7,8);1-3H3,(H,6,7);1H3,(H,5,6)/t;7-;;3-;4-;;/m.0.00../s1. The number of nitrogens with zero attached hydrogens (tertiary/aromatic N) is 3. The van der Waals surface area contributed by atoms with Crippen LogP contribution in [0.2, 0.25) is 0 Å². The molecule has 3 atom stereocenters. The summed E-state index contributed by atoms with van der Waals surface area (Å²) >= 11 is 0. The number of para-hydroxylation sites is 1. The number of rotatable bonds is 21. The molecular formula is C51H68N6O28S. The molecule has 12 N–H and O–H groups in total. The highest BCUT2D eigenvalue weighted by molar-refractivity contribution is 7.85. The van der Waals surface area contributed by atoms with Gasteiger partial charge in [0.1, 0.15) is 29.4 Å². The van der Waals surface area contributed by atoms with Crippen molar-refractivity contribution in [3.8, 4) is 11.5 Å². The molecule has 0 unspecified atom stereocenters. The van der Waals surface area contributed by atoms with Crippen molar-refractivity contribution in [1.82, 2.24) is 10.6 Å². The molecule has 0 saturated carbocycles. The number of carbonyl (C=O) groups excluding carboxylic acids is 4. The number of nitro benzene ring substituents is 3. The predicted octanol–water partition coefficient (Wildman–Crippen LogP) is 4.32. The molecule has 86 heavy (non-hydrogen) atoms. The Morgan fingerprint density at radius 3 is 1.55 bits per heavy atom. The topological polar surface area (TPSA) is 565 Å². The third kappa shape index (κ3) is 34.2. The molecule has 3 aromatic carbocycles. The summed E-state index contributed by atoms with van der Waals surface area (Å²) in [4.78, 5) is 134. The number of ether oxygens (including phenoxy) is 2. The van der Waals surface area contributed by atoms with Crippen molar-refractivity contribution in [3.63, 3.8) is 0 Å². The van der Waals surface area contributed by atoms with E-state index in [2.05, 4.69) is 10.6 Å². The van der Waals surface area contributed by atoms with Gasteiger partial charge in [-0.15, -0.1) is 0 Å². The molecular weight excluding hydrogens is 1180 g/mol. The van der Waals surface area contributed by atoms with E-state index in [0.717, 1.165) is 51.1 Å². The first kappa shape index (κ1) is 78.6. The SMILES string of the molecule is CC(=O)C(=O)O.CC(C)(C)C(=O)O.Cc1ccc(S(=O)(=O)O)cc1.N[C@@H](CO)C(=O)Oc1ccccc1C(=O)O.O=C(O)CCCCCCCCC(=O)Oc1c([N+](=O)[O-])cc([N+](=O)[O-])cc1[N+](=O)[O-].O=C(O)[C@@H]1CCCN1.O=C1CC[C@@H](C(=O)O)N1. The van der Waals surface area contributed by atoms with Crippen LogP contribution >= 0.6 is 0 Å². The van der Waals surface area contributed by atoms with Crippen LogP contribution in [0.5, 0.6) is 11.5 Å². The molecule has 0 aromatic heterocycles. The molecule has 2 aliphatic rings. The summed E-state index contributed by atoms with van der Waals surface area (Å²) in [7, 11) is -4.02. The Balaban J connectivity index is 0. The van der Waals surface area contributed by atoms with Gasteiger partial charge in [0.25, 0.3) is 21.6 Å². The Labute approximate surface area is 489 Å². The molecule has 2 aliphatic heterocycles. The number of hydrogen-bond acceptors (Lipinski definition) is 23. The minimum atomic E-state index is -4.02. The second kappa shape index (κ2) is 39.9. The largest absolute Gasteiger partial charge is 0.481 e. The van der Waals surface area contributed by atoms with Gasteiger partial charge in [-0.3, -0.25) is 63.7 Å². The lowest BCUT2D eigenvalue weighted by molar-refractivity contribution is -0.404. The first-order valence-corrected chi connectivity index (χ1v) is 26.7. The van der Waals surface area contributed by atoms with Gasteiger partial charge in [-0.05, 0) is 90.6 Å². The second-order valence-corrected chi connectivity index (χ2v) is 20.2. The summed E-state index contributed by atoms with van der Waals surface area (Å²) in [6.45, 7) is 8.13. The number of aliphatic hydroxyl groups is 1. The highest BCUT2D eigenvalue weighted by Gasteiger charge is 2.34. The van der Waals surface area contributed by atoms with Crippen LogP contribution < -0.4 is 25.8 Å². The predicted molar refractivity (Wildman–Crippen MR) is 295 cm³/mol. The summed E-state index contributed by atoms with van der Waals surface area (Å²) in [5, 5.41) is 96.7. The first-order valence-electron chi connectivity index (χ1n) is 25.2. The zero-order valence-corrected chi connectivity index (χ0v) is 47.8. The average molecular weight is 1250 g/mol. The zero-order chi connectivity index (χ0) is 66.7. The van der Waals surface area contributed by atoms with Crippen LogP contribution in [0.4, 0.5) is 17.1 Å². The minimum absolute atomic E-state index is 0.0666. The second-order valence-electron chi connectivity index (χ2n) is 18.8. The molecule has 5 rings (SSSR count). The number of nitro groups is 3. The molecule has 2 saturated heterocycles. The van der Waals surface area contributed by atoms with Crippen LogP contribution in [0.3, 0.4) is 0 Å². The van der Waals surface area contributed by atoms with Gasteiger partial charge in [0, 0.05) is 26.2 Å². The van der Waals surface area contributed by atoms with Crippen molar-refractivity contribution in [2.75, 3.05) is 13.2 Å². The minimum Gasteiger partial charge on any atom is -0.481 e. The molecule has 35 heteroatoms. The summed E-state index contributed by atoms with van der Waals surface area (Å²) in [5.41, 5.74) is 2.50. The number of esters is 2. The molecule has 0 aliphatic carbocycles.